The van der Waals surface area contributed by atoms with Crippen LogP contribution < -0.4 is 16.9 Å². The minimum Gasteiger partial charge on any atom is -0.508 e. The molecule has 0 bridgehead atoms. The zero-order chi connectivity index (χ0) is 30.1. The van der Waals surface area contributed by atoms with Gasteiger partial charge in [0.1, 0.15) is 40.4 Å². The Kier molecular flexibility index (Phi) is 11.6. The zero-order valence-electron chi connectivity index (χ0n) is 19.9. The Morgan fingerprint density at radius 1 is 0.800 bits per heavy atom. The molecule has 0 aliphatic carbocycles. The number of aromatic nitrogens is 2. The van der Waals surface area contributed by atoms with Crippen molar-refractivity contribution in [2.45, 2.75) is 0 Å². The highest BCUT2D eigenvalue weighted by molar-refractivity contribution is 9.11. The molecule has 4 aromatic rings. The third-order valence-corrected chi connectivity index (χ3v) is 6.92. The minimum absolute atomic E-state index is 0.0139. The van der Waals surface area contributed by atoms with Crippen LogP contribution >= 0.6 is 43.5 Å². The van der Waals surface area contributed by atoms with Gasteiger partial charge in [0.05, 0.1) is 24.5 Å². The number of hydrogen-bond acceptors (Lipinski definition) is 12. The van der Waals surface area contributed by atoms with E-state index in [0.717, 1.165) is 12.4 Å². The first kappa shape index (κ1) is 32.2. The molecule has 4 rings (SSSR count). The normalized spacial score (nSPS) is 9.93. The topological polar surface area (TPSA) is 245 Å². The van der Waals surface area contributed by atoms with E-state index in [1.54, 1.807) is 30.3 Å². The SMILES string of the molecule is Nc1c([N+](=O)[O-])cnc(-c2ccccc2O)c1Br.Nc1c([N+](=O)[O-])cnc(Cl)c1Br.OB(O)c1ccccc1O. The van der Waals surface area contributed by atoms with Gasteiger partial charge in [0.15, 0.2) is 0 Å². The van der Waals surface area contributed by atoms with E-state index in [2.05, 4.69) is 41.8 Å². The molecule has 0 saturated carbocycles. The highest BCUT2D eigenvalue weighted by Gasteiger charge is 2.20. The molecule has 0 saturated heterocycles. The fourth-order valence-electron chi connectivity index (χ4n) is 2.82. The summed E-state index contributed by atoms with van der Waals surface area (Å²) in [5.74, 6) is -0.0727. The van der Waals surface area contributed by atoms with Crippen LogP contribution in [0.15, 0.2) is 69.9 Å². The van der Waals surface area contributed by atoms with Crippen molar-refractivity contribution >= 4 is 78.8 Å². The molecule has 0 amide bonds. The molecule has 0 spiro atoms. The Morgan fingerprint density at radius 2 is 1.27 bits per heavy atom. The van der Waals surface area contributed by atoms with Crippen molar-refractivity contribution < 1.29 is 30.1 Å². The number of benzene rings is 2. The minimum atomic E-state index is -1.60. The van der Waals surface area contributed by atoms with Gasteiger partial charge in [-0.1, -0.05) is 41.9 Å². The molecule has 8 N–H and O–H groups in total. The number of nitrogens with two attached hydrogens (primary N) is 2. The van der Waals surface area contributed by atoms with Crippen LogP contribution in [0.5, 0.6) is 11.5 Å². The summed E-state index contributed by atoms with van der Waals surface area (Å²) in [6.45, 7) is 0. The third-order valence-electron chi connectivity index (χ3n) is 4.80. The largest absolute Gasteiger partial charge is 0.508 e. The van der Waals surface area contributed by atoms with Gasteiger partial charge in [-0.2, -0.15) is 0 Å². The van der Waals surface area contributed by atoms with E-state index in [0.29, 0.717) is 15.7 Å². The predicted octanol–water partition coefficient (Wildman–Crippen LogP) is 3.77. The van der Waals surface area contributed by atoms with Crippen LogP contribution in [0, 0.1) is 20.2 Å². The Bertz CT molecular complexity index is 1550. The number of halogens is 3. The van der Waals surface area contributed by atoms with E-state index in [1.807, 2.05) is 0 Å². The summed E-state index contributed by atoms with van der Waals surface area (Å²) in [6, 6.07) is 12.6. The van der Waals surface area contributed by atoms with Crippen LogP contribution in [0.2, 0.25) is 5.15 Å². The molecule has 208 valence electrons. The summed E-state index contributed by atoms with van der Waals surface area (Å²) in [5.41, 5.74) is 11.4. The average molecular weight is 700 g/mol. The second-order valence-corrected chi connectivity index (χ2v) is 9.29. The van der Waals surface area contributed by atoms with E-state index in [1.165, 1.54) is 18.2 Å². The zero-order valence-corrected chi connectivity index (χ0v) is 23.8. The van der Waals surface area contributed by atoms with Crippen LogP contribution in [0.4, 0.5) is 22.7 Å². The molecule has 0 aliphatic rings. The molecule has 0 aliphatic heterocycles. The first-order chi connectivity index (χ1) is 18.8. The standard InChI is InChI=1S/C11H8BrN3O3.C6H7BO3.C5H3BrClN3O2/c12-9-10(13)7(15(17)18)5-14-11(9)6-3-1-2-4-8(6)16;8-6-4-2-1-3-5(6)7(9)10;6-3-4(8)2(10(11)12)1-9-5(3)7/h1-5,16H,(H2,13,14);1-4,8-10H;1H,(H2,8,9). The maximum atomic E-state index is 10.7. The first-order valence-corrected chi connectivity index (χ1v) is 12.5. The lowest BCUT2D eigenvalue weighted by Crippen LogP contribution is -2.29. The van der Waals surface area contributed by atoms with Gasteiger partial charge in [0.2, 0.25) is 0 Å². The number of para-hydroxylation sites is 2. The Hall–Kier alpha value is -4.03. The van der Waals surface area contributed by atoms with Crippen molar-refractivity contribution in [3.63, 3.8) is 0 Å². The van der Waals surface area contributed by atoms with Crippen molar-refractivity contribution in [3.8, 4) is 22.8 Å². The lowest BCUT2D eigenvalue weighted by molar-refractivity contribution is -0.384. The molecule has 18 heteroatoms. The summed E-state index contributed by atoms with van der Waals surface area (Å²) >= 11 is 11.7. The average Bonchev–Trinajstić information content (AvgIpc) is 2.90. The molecular formula is C22H18BBr2ClN6O8. The molecule has 2 heterocycles. The van der Waals surface area contributed by atoms with Gasteiger partial charge in [-0.05, 0) is 50.1 Å². The van der Waals surface area contributed by atoms with Crippen molar-refractivity contribution in [1.29, 1.82) is 0 Å². The van der Waals surface area contributed by atoms with Gasteiger partial charge in [-0.15, -0.1) is 0 Å². The van der Waals surface area contributed by atoms with Gasteiger partial charge < -0.3 is 31.7 Å². The van der Waals surface area contributed by atoms with E-state index in [4.69, 9.17) is 38.2 Å². The number of hydrogen-bond donors (Lipinski definition) is 6. The lowest BCUT2D eigenvalue weighted by atomic mass is 9.80. The van der Waals surface area contributed by atoms with Crippen LogP contribution in [0.3, 0.4) is 0 Å². The van der Waals surface area contributed by atoms with Crippen LogP contribution in [0.1, 0.15) is 0 Å². The number of aromatic hydroxyl groups is 2. The highest BCUT2D eigenvalue weighted by Crippen LogP contribution is 2.39. The van der Waals surface area contributed by atoms with Crippen LogP contribution in [-0.2, 0) is 0 Å². The summed E-state index contributed by atoms with van der Waals surface area (Å²) in [4.78, 5) is 27.3. The van der Waals surface area contributed by atoms with Gasteiger partial charge in [0, 0.05) is 11.0 Å². The van der Waals surface area contributed by atoms with Gasteiger partial charge in [-0.3, -0.25) is 20.2 Å². The summed E-state index contributed by atoms with van der Waals surface area (Å²) in [7, 11) is -1.60. The molecule has 0 atom stereocenters. The van der Waals surface area contributed by atoms with Crippen molar-refractivity contribution in [3.05, 3.63) is 95.3 Å². The predicted molar refractivity (Wildman–Crippen MR) is 156 cm³/mol. The smallest absolute Gasteiger partial charge is 0.492 e. The van der Waals surface area contributed by atoms with E-state index in [9.17, 15) is 25.3 Å². The van der Waals surface area contributed by atoms with Crippen molar-refractivity contribution in [2.24, 2.45) is 0 Å². The van der Waals surface area contributed by atoms with E-state index >= 15 is 0 Å². The maximum absolute atomic E-state index is 10.7. The van der Waals surface area contributed by atoms with Gasteiger partial charge >= 0.3 is 18.5 Å². The molecule has 14 nitrogen and oxygen atoms in total. The fourth-order valence-corrected chi connectivity index (χ4v) is 3.79. The number of phenols is 2. The molecule has 40 heavy (non-hydrogen) atoms. The number of nitro groups is 2. The summed E-state index contributed by atoms with van der Waals surface area (Å²) in [5, 5.41) is 57.0. The third kappa shape index (κ3) is 8.00. The number of pyridine rings is 2. The number of nitrogens with zero attached hydrogens (tertiary/aromatic N) is 4. The first-order valence-electron chi connectivity index (χ1n) is 10.5. The number of phenolic OH excluding ortho intramolecular Hbond substituents is 2. The van der Waals surface area contributed by atoms with E-state index in [-0.39, 0.29) is 49.3 Å². The Morgan fingerprint density at radius 3 is 1.75 bits per heavy atom. The van der Waals surface area contributed by atoms with Gasteiger partial charge in [-0.25, -0.2) is 9.97 Å². The summed E-state index contributed by atoms with van der Waals surface area (Å²) < 4.78 is 0.538. The Labute approximate surface area is 247 Å². The highest BCUT2D eigenvalue weighted by atomic mass is 79.9. The molecule has 0 fully saturated rings. The van der Waals surface area contributed by atoms with Gasteiger partial charge in [0.25, 0.3) is 0 Å². The van der Waals surface area contributed by atoms with Crippen LogP contribution in [-0.4, -0.2) is 47.2 Å². The fraction of sp³-hybridized carbons (Fsp3) is 0. The van der Waals surface area contributed by atoms with Crippen molar-refractivity contribution in [2.75, 3.05) is 11.5 Å². The monoisotopic (exact) mass is 698 g/mol. The maximum Gasteiger partial charge on any atom is 0.492 e. The van der Waals surface area contributed by atoms with E-state index < -0.39 is 17.0 Å². The molecule has 2 aromatic carbocycles. The second kappa shape index (κ2) is 14.4. The lowest BCUT2D eigenvalue weighted by Gasteiger charge is -2.08. The number of anilines is 2. The molecule has 0 radical (unpaired) electrons. The van der Waals surface area contributed by atoms with Crippen molar-refractivity contribution in [1.82, 2.24) is 9.97 Å². The molecule has 0 unspecified atom stereocenters. The number of nitrogen functional groups attached to an aromatic ring is 2. The second-order valence-electron chi connectivity index (χ2n) is 7.35. The quantitative estimate of drug-likeness (QED) is 0.0771. The molecular weight excluding hydrogens is 682 g/mol. The summed E-state index contributed by atoms with van der Waals surface area (Å²) in [6.07, 6.45) is 2.09. The Balaban J connectivity index is 0.000000222. The molecule has 2 aromatic heterocycles. The number of rotatable bonds is 4. The van der Waals surface area contributed by atoms with Crippen LogP contribution in [0.25, 0.3) is 11.3 Å².